The van der Waals surface area contributed by atoms with Crippen LogP contribution >= 0.6 is 23.1 Å². The fraction of sp³-hybridized carbons (Fsp3) is 0.0870. The number of benzene rings is 2. The van der Waals surface area contributed by atoms with E-state index in [9.17, 15) is 9.59 Å². The van der Waals surface area contributed by atoms with Gasteiger partial charge in [-0.15, -0.1) is 11.3 Å². The maximum absolute atomic E-state index is 12.7. The number of thiophene rings is 1. The normalized spacial score (nSPS) is 16.3. The van der Waals surface area contributed by atoms with Crippen molar-refractivity contribution >= 4 is 51.9 Å². The van der Waals surface area contributed by atoms with Crippen LogP contribution in [0.1, 0.15) is 15.2 Å². The van der Waals surface area contributed by atoms with Gasteiger partial charge in [-0.2, -0.15) is 0 Å². The predicted octanol–water partition coefficient (Wildman–Crippen LogP) is 5.36. The van der Waals surface area contributed by atoms with E-state index in [2.05, 4.69) is 4.99 Å². The summed E-state index contributed by atoms with van der Waals surface area (Å²) in [7, 11) is 3.32. The molecule has 6 nitrogen and oxygen atoms in total. The quantitative estimate of drug-likeness (QED) is 0.530. The summed E-state index contributed by atoms with van der Waals surface area (Å²) in [4.78, 5) is 32.3. The highest BCUT2D eigenvalue weighted by atomic mass is 32.2. The molecule has 1 aliphatic rings. The number of hydrogen-bond donors (Lipinski definition) is 1. The van der Waals surface area contributed by atoms with Gasteiger partial charge in [-0.25, -0.2) is 9.79 Å². The van der Waals surface area contributed by atoms with Crippen LogP contribution in [-0.2, 0) is 4.79 Å². The molecule has 4 rings (SSSR count). The number of amides is 1. The van der Waals surface area contributed by atoms with E-state index < -0.39 is 5.97 Å². The summed E-state index contributed by atoms with van der Waals surface area (Å²) in [5.41, 5.74) is 1.93. The third kappa shape index (κ3) is 4.55. The Labute approximate surface area is 187 Å². The molecule has 0 unspecified atom stereocenters. The lowest BCUT2D eigenvalue weighted by Crippen LogP contribution is -2.23. The highest BCUT2D eigenvalue weighted by molar-refractivity contribution is 8.18. The molecule has 0 spiro atoms. The molecule has 2 heterocycles. The molecule has 31 heavy (non-hydrogen) atoms. The number of hydrogen-bond acceptors (Lipinski definition) is 6. The summed E-state index contributed by atoms with van der Waals surface area (Å²) < 4.78 is 5.16. The average molecular weight is 451 g/mol. The molecule has 8 heteroatoms. The highest BCUT2D eigenvalue weighted by Crippen LogP contribution is 2.36. The van der Waals surface area contributed by atoms with Crippen molar-refractivity contribution in [3.63, 3.8) is 0 Å². The molecule has 0 bridgehead atoms. The minimum atomic E-state index is -0.948. The molecule has 1 saturated heterocycles. The van der Waals surface area contributed by atoms with E-state index in [0.717, 1.165) is 26.8 Å². The Hall–Kier alpha value is -3.36. The smallest absolute Gasteiger partial charge is 0.335 e. The number of methoxy groups -OCH3 is 1. The second-order valence-electron chi connectivity index (χ2n) is 6.65. The number of carboxylic acids is 1. The first kappa shape index (κ1) is 20.9. The largest absolute Gasteiger partial charge is 0.497 e. The van der Waals surface area contributed by atoms with E-state index in [-0.39, 0.29) is 11.5 Å². The van der Waals surface area contributed by atoms with E-state index in [0.29, 0.717) is 10.1 Å². The van der Waals surface area contributed by atoms with Crippen molar-refractivity contribution in [2.45, 2.75) is 0 Å². The maximum atomic E-state index is 12.7. The molecule has 3 aromatic rings. The van der Waals surface area contributed by atoms with E-state index in [1.165, 1.54) is 23.1 Å². The number of thioether (sulfide) groups is 1. The van der Waals surface area contributed by atoms with Crippen LogP contribution < -0.4 is 4.74 Å². The van der Waals surface area contributed by atoms with Crippen molar-refractivity contribution in [2.24, 2.45) is 4.99 Å². The minimum Gasteiger partial charge on any atom is -0.497 e. The van der Waals surface area contributed by atoms with Gasteiger partial charge in [-0.05, 0) is 71.9 Å². The van der Waals surface area contributed by atoms with Crippen LogP contribution in [0, 0.1) is 0 Å². The van der Waals surface area contributed by atoms with Crippen LogP contribution in [0.15, 0.2) is 70.6 Å². The van der Waals surface area contributed by atoms with Crippen molar-refractivity contribution in [1.29, 1.82) is 0 Å². The Morgan fingerprint density at radius 1 is 1.06 bits per heavy atom. The monoisotopic (exact) mass is 450 g/mol. The van der Waals surface area contributed by atoms with Gasteiger partial charge in [0.1, 0.15) is 5.75 Å². The van der Waals surface area contributed by atoms with E-state index in [1.54, 1.807) is 43.3 Å². The fourth-order valence-corrected chi connectivity index (χ4v) is 4.92. The minimum absolute atomic E-state index is 0.0991. The number of aromatic carboxylic acids is 1. The van der Waals surface area contributed by atoms with E-state index >= 15 is 0 Å². The van der Waals surface area contributed by atoms with Crippen molar-refractivity contribution in [3.8, 4) is 16.2 Å². The highest BCUT2D eigenvalue weighted by Gasteiger charge is 2.30. The van der Waals surface area contributed by atoms with Crippen LogP contribution in [0.5, 0.6) is 5.75 Å². The molecular formula is C23H18N2O4S2. The third-order valence-corrected chi connectivity index (χ3v) is 6.76. The fourth-order valence-electron chi connectivity index (χ4n) is 2.91. The molecule has 0 saturated carbocycles. The number of likely N-dealkylation sites (N-methyl/N-ethyl adjacent to an activating group) is 1. The second kappa shape index (κ2) is 8.79. The summed E-state index contributed by atoms with van der Waals surface area (Å²) in [6, 6.07) is 18.0. The van der Waals surface area contributed by atoms with E-state index in [4.69, 9.17) is 9.84 Å². The number of nitrogens with zero attached hydrogens (tertiary/aromatic N) is 2. The molecular weight excluding hydrogens is 432 g/mol. The van der Waals surface area contributed by atoms with Gasteiger partial charge in [0.25, 0.3) is 5.91 Å². The van der Waals surface area contributed by atoms with Crippen molar-refractivity contribution in [2.75, 3.05) is 14.2 Å². The lowest BCUT2D eigenvalue weighted by molar-refractivity contribution is -0.121. The molecule has 0 radical (unpaired) electrons. The second-order valence-corrected chi connectivity index (χ2v) is 8.78. The van der Waals surface area contributed by atoms with Crippen LogP contribution in [0.25, 0.3) is 16.5 Å². The molecule has 0 aliphatic carbocycles. The number of carbonyl (C=O) groups excluding carboxylic acids is 1. The Kier molecular flexibility index (Phi) is 5.92. The van der Waals surface area contributed by atoms with Crippen molar-refractivity contribution < 1.29 is 19.4 Å². The first-order chi connectivity index (χ1) is 14.9. The van der Waals surface area contributed by atoms with Gasteiger partial charge < -0.3 is 9.84 Å². The van der Waals surface area contributed by atoms with E-state index in [1.807, 2.05) is 42.5 Å². The van der Waals surface area contributed by atoms with Crippen LogP contribution in [0.4, 0.5) is 5.69 Å². The van der Waals surface area contributed by atoms with Crippen LogP contribution in [-0.4, -0.2) is 41.2 Å². The molecule has 0 atom stereocenters. The summed E-state index contributed by atoms with van der Waals surface area (Å²) in [6.45, 7) is 0. The maximum Gasteiger partial charge on any atom is 0.335 e. The Bertz CT molecular complexity index is 1200. The molecule has 1 N–H and O–H groups in total. The Balaban J connectivity index is 1.54. The third-order valence-electron chi connectivity index (χ3n) is 4.62. The zero-order valence-corrected chi connectivity index (χ0v) is 18.4. The van der Waals surface area contributed by atoms with Gasteiger partial charge in [0.2, 0.25) is 0 Å². The molecule has 1 amide bonds. The van der Waals surface area contributed by atoms with Crippen LogP contribution in [0.2, 0.25) is 0 Å². The SMILES string of the molecule is COc1ccc(/N=C2/S/C(=C\c3ccc(-c4ccc(C(=O)O)cc4)s3)C(=O)N2C)cc1. The number of carbonyl (C=O) groups is 2. The van der Waals surface area contributed by atoms with Gasteiger partial charge in [0.15, 0.2) is 5.17 Å². The lowest BCUT2D eigenvalue weighted by Gasteiger charge is -2.07. The summed E-state index contributed by atoms with van der Waals surface area (Å²) in [5, 5.41) is 9.65. The zero-order chi connectivity index (χ0) is 22.0. The number of aliphatic imine (C=N–C) groups is 1. The topological polar surface area (TPSA) is 79.2 Å². The number of carboxylic acid groups (broad SMARTS) is 1. The predicted molar refractivity (Wildman–Crippen MR) is 125 cm³/mol. The zero-order valence-electron chi connectivity index (χ0n) is 16.7. The number of amidine groups is 1. The van der Waals surface area contributed by atoms with Gasteiger partial charge in [-0.3, -0.25) is 9.69 Å². The van der Waals surface area contributed by atoms with Gasteiger partial charge >= 0.3 is 5.97 Å². The Morgan fingerprint density at radius 2 is 1.77 bits per heavy atom. The van der Waals surface area contributed by atoms with Gasteiger partial charge in [-0.1, -0.05) is 12.1 Å². The summed E-state index contributed by atoms with van der Waals surface area (Å²) >= 11 is 2.87. The first-order valence-corrected chi connectivity index (χ1v) is 10.9. The van der Waals surface area contributed by atoms with Crippen molar-refractivity contribution in [1.82, 2.24) is 4.90 Å². The summed E-state index contributed by atoms with van der Waals surface area (Å²) in [5.74, 6) is -0.298. The van der Waals surface area contributed by atoms with Crippen LogP contribution in [0.3, 0.4) is 0 Å². The molecule has 1 aromatic heterocycles. The van der Waals surface area contributed by atoms with Gasteiger partial charge in [0, 0.05) is 16.8 Å². The molecule has 156 valence electrons. The lowest BCUT2D eigenvalue weighted by atomic mass is 10.1. The molecule has 1 fully saturated rings. The number of ether oxygens (including phenoxy) is 1. The molecule has 2 aromatic carbocycles. The number of rotatable bonds is 5. The summed E-state index contributed by atoms with van der Waals surface area (Å²) in [6.07, 6.45) is 1.86. The Morgan fingerprint density at radius 3 is 2.42 bits per heavy atom. The molecule has 1 aliphatic heterocycles. The van der Waals surface area contributed by atoms with Gasteiger partial charge in [0.05, 0.1) is 23.3 Å². The van der Waals surface area contributed by atoms with Crippen molar-refractivity contribution in [3.05, 3.63) is 76.0 Å². The first-order valence-electron chi connectivity index (χ1n) is 9.28. The average Bonchev–Trinajstić information content (AvgIpc) is 3.35. The standard InChI is InChI=1S/C23H18N2O4S2/c1-25-21(26)20(31-23(25)24-16-7-9-17(29-2)10-8-16)13-18-11-12-19(30-18)14-3-5-15(6-4-14)22(27)28/h3-13H,1-2H3,(H,27,28)/b20-13-,24-23+.